The van der Waals surface area contributed by atoms with Crippen LogP contribution in [0.3, 0.4) is 0 Å². The van der Waals surface area contributed by atoms with Crippen molar-refractivity contribution in [3.05, 3.63) is 30.1 Å². The Morgan fingerprint density at radius 3 is 2.72 bits per heavy atom. The molecule has 0 aliphatic heterocycles. The zero-order valence-corrected chi connectivity index (χ0v) is 9.85. The van der Waals surface area contributed by atoms with Gasteiger partial charge in [0.15, 0.2) is 0 Å². The molecule has 0 atom stereocenters. The van der Waals surface area contributed by atoms with E-state index < -0.39 is 17.5 Å². The van der Waals surface area contributed by atoms with Crippen molar-refractivity contribution in [1.29, 1.82) is 0 Å². The number of aromatic nitrogens is 1. The van der Waals surface area contributed by atoms with Gasteiger partial charge in [0, 0.05) is 18.9 Å². The number of amides is 2. The van der Waals surface area contributed by atoms with Gasteiger partial charge in [0.05, 0.1) is 0 Å². The Bertz CT molecular complexity index is 443. The number of nitrogens with one attached hydrogen (secondary N) is 2. The fourth-order valence-corrected chi connectivity index (χ4v) is 1.87. The van der Waals surface area contributed by atoms with Crippen molar-refractivity contribution in [3.63, 3.8) is 0 Å². The molecule has 2 rings (SSSR count). The molecule has 0 unspecified atom stereocenters. The number of urea groups is 1. The Hall–Kier alpha value is -2.11. The molecule has 0 saturated heterocycles. The molecule has 0 bridgehead atoms. The van der Waals surface area contributed by atoms with E-state index in [0.717, 1.165) is 12.0 Å². The molecule has 6 heteroatoms. The molecule has 1 aliphatic rings. The third-order valence-electron chi connectivity index (χ3n) is 3.15. The molecule has 1 fully saturated rings. The number of hydrogen-bond donors (Lipinski definition) is 3. The molecule has 1 aromatic rings. The van der Waals surface area contributed by atoms with Gasteiger partial charge in [-0.3, -0.25) is 4.98 Å². The van der Waals surface area contributed by atoms with Gasteiger partial charge in [0.1, 0.15) is 5.54 Å². The Labute approximate surface area is 104 Å². The monoisotopic (exact) mass is 249 g/mol. The third kappa shape index (κ3) is 2.58. The topological polar surface area (TPSA) is 91.3 Å². The largest absolute Gasteiger partial charge is 0.480 e. The minimum Gasteiger partial charge on any atom is -0.480 e. The van der Waals surface area contributed by atoms with E-state index in [-0.39, 0.29) is 0 Å². The first kappa shape index (κ1) is 12.3. The molecule has 96 valence electrons. The summed E-state index contributed by atoms with van der Waals surface area (Å²) in [5.41, 5.74) is -0.204. The summed E-state index contributed by atoms with van der Waals surface area (Å²) < 4.78 is 0. The fourth-order valence-electron chi connectivity index (χ4n) is 1.87. The van der Waals surface area contributed by atoms with Crippen molar-refractivity contribution < 1.29 is 14.7 Å². The van der Waals surface area contributed by atoms with Crippen LogP contribution in [0.2, 0.25) is 0 Å². The number of carboxylic acids is 1. The molecule has 18 heavy (non-hydrogen) atoms. The Morgan fingerprint density at radius 1 is 1.44 bits per heavy atom. The molecule has 3 N–H and O–H groups in total. The zero-order valence-electron chi connectivity index (χ0n) is 9.85. The van der Waals surface area contributed by atoms with Gasteiger partial charge in [-0.25, -0.2) is 9.59 Å². The van der Waals surface area contributed by atoms with Crippen LogP contribution in [0.4, 0.5) is 4.79 Å². The highest BCUT2D eigenvalue weighted by atomic mass is 16.4. The van der Waals surface area contributed by atoms with E-state index in [9.17, 15) is 9.59 Å². The first-order chi connectivity index (χ1) is 8.62. The molecule has 1 saturated carbocycles. The standard InChI is InChI=1S/C12H15N3O3/c16-10(17)12(4-2-5-12)15-11(18)14-8-9-3-1-6-13-7-9/h1,3,6-7H,2,4-5,8H2,(H,16,17)(H2,14,15,18). The predicted molar refractivity (Wildman–Crippen MR) is 63.8 cm³/mol. The average Bonchev–Trinajstić information content (AvgIpc) is 2.32. The van der Waals surface area contributed by atoms with Gasteiger partial charge in [-0.05, 0) is 30.9 Å². The van der Waals surface area contributed by atoms with E-state index in [1.165, 1.54) is 0 Å². The number of aliphatic carboxylic acids is 1. The summed E-state index contributed by atoms with van der Waals surface area (Å²) in [5.74, 6) is -0.967. The quantitative estimate of drug-likeness (QED) is 0.739. The van der Waals surface area contributed by atoms with Crippen LogP contribution < -0.4 is 10.6 Å². The number of carboxylic acid groups (broad SMARTS) is 1. The van der Waals surface area contributed by atoms with Crippen LogP contribution in [-0.4, -0.2) is 27.6 Å². The smallest absolute Gasteiger partial charge is 0.329 e. The zero-order chi connectivity index (χ0) is 13.0. The summed E-state index contributed by atoms with van der Waals surface area (Å²) in [4.78, 5) is 26.6. The van der Waals surface area contributed by atoms with E-state index in [0.29, 0.717) is 19.4 Å². The lowest BCUT2D eigenvalue weighted by atomic mass is 9.77. The van der Waals surface area contributed by atoms with Crippen molar-refractivity contribution in [2.45, 2.75) is 31.3 Å². The van der Waals surface area contributed by atoms with Crippen LogP contribution in [0.15, 0.2) is 24.5 Å². The number of carbonyl (C=O) groups excluding carboxylic acids is 1. The van der Waals surface area contributed by atoms with Crippen molar-refractivity contribution >= 4 is 12.0 Å². The maximum atomic E-state index is 11.6. The third-order valence-corrected chi connectivity index (χ3v) is 3.15. The summed E-state index contributed by atoms with van der Waals surface area (Å²) in [6.07, 6.45) is 5.11. The number of pyridine rings is 1. The lowest BCUT2D eigenvalue weighted by molar-refractivity contribution is -0.148. The normalized spacial score (nSPS) is 16.4. The van der Waals surface area contributed by atoms with Gasteiger partial charge in [-0.15, -0.1) is 0 Å². The summed E-state index contributed by atoms with van der Waals surface area (Å²) in [5, 5.41) is 14.2. The highest BCUT2D eigenvalue weighted by molar-refractivity contribution is 5.87. The van der Waals surface area contributed by atoms with Gasteiger partial charge in [0.25, 0.3) is 0 Å². The maximum Gasteiger partial charge on any atom is 0.329 e. The van der Waals surface area contributed by atoms with E-state index in [2.05, 4.69) is 15.6 Å². The van der Waals surface area contributed by atoms with Crippen LogP contribution in [-0.2, 0) is 11.3 Å². The van der Waals surface area contributed by atoms with Crippen molar-refractivity contribution in [2.75, 3.05) is 0 Å². The second kappa shape index (κ2) is 5.03. The van der Waals surface area contributed by atoms with E-state index in [1.807, 2.05) is 6.07 Å². The molecule has 1 aromatic heterocycles. The van der Waals surface area contributed by atoms with Crippen LogP contribution in [0.1, 0.15) is 24.8 Å². The average molecular weight is 249 g/mol. The van der Waals surface area contributed by atoms with Gasteiger partial charge in [0.2, 0.25) is 0 Å². The molecular formula is C12H15N3O3. The number of hydrogen-bond acceptors (Lipinski definition) is 3. The predicted octanol–water partition coefficient (Wildman–Crippen LogP) is 0.888. The van der Waals surface area contributed by atoms with Crippen LogP contribution in [0, 0.1) is 0 Å². The SMILES string of the molecule is O=C(NCc1cccnc1)NC1(C(=O)O)CCC1. The van der Waals surface area contributed by atoms with Crippen LogP contribution >= 0.6 is 0 Å². The first-order valence-corrected chi connectivity index (χ1v) is 5.81. The van der Waals surface area contributed by atoms with Gasteiger partial charge in [-0.2, -0.15) is 0 Å². The summed E-state index contributed by atoms with van der Waals surface area (Å²) in [6, 6.07) is 3.16. The summed E-state index contributed by atoms with van der Waals surface area (Å²) in [7, 11) is 0. The Kier molecular flexibility index (Phi) is 3.45. The second-order valence-electron chi connectivity index (χ2n) is 4.41. The molecule has 1 heterocycles. The van der Waals surface area contributed by atoms with E-state index in [4.69, 9.17) is 5.11 Å². The van der Waals surface area contributed by atoms with Crippen molar-refractivity contribution in [3.8, 4) is 0 Å². The molecule has 6 nitrogen and oxygen atoms in total. The Morgan fingerprint density at radius 2 is 2.22 bits per heavy atom. The van der Waals surface area contributed by atoms with Crippen molar-refractivity contribution in [2.24, 2.45) is 0 Å². The number of rotatable bonds is 4. The minimum absolute atomic E-state index is 0.329. The first-order valence-electron chi connectivity index (χ1n) is 5.81. The summed E-state index contributed by atoms with van der Waals surface area (Å²) in [6.45, 7) is 0.329. The molecule has 0 spiro atoms. The van der Waals surface area contributed by atoms with Gasteiger partial charge < -0.3 is 15.7 Å². The molecule has 0 aromatic carbocycles. The Balaban J connectivity index is 1.84. The highest BCUT2D eigenvalue weighted by Gasteiger charge is 2.45. The van der Waals surface area contributed by atoms with E-state index >= 15 is 0 Å². The molecule has 2 amide bonds. The highest BCUT2D eigenvalue weighted by Crippen LogP contribution is 2.31. The van der Waals surface area contributed by atoms with Gasteiger partial charge in [-0.1, -0.05) is 6.07 Å². The second-order valence-corrected chi connectivity index (χ2v) is 4.41. The summed E-state index contributed by atoms with van der Waals surface area (Å²) >= 11 is 0. The van der Waals surface area contributed by atoms with Crippen molar-refractivity contribution in [1.82, 2.24) is 15.6 Å². The lowest BCUT2D eigenvalue weighted by Gasteiger charge is -2.38. The lowest BCUT2D eigenvalue weighted by Crippen LogP contribution is -2.61. The molecular weight excluding hydrogens is 234 g/mol. The number of carbonyl (C=O) groups is 2. The minimum atomic E-state index is -1.07. The maximum absolute atomic E-state index is 11.6. The number of nitrogens with zero attached hydrogens (tertiary/aromatic N) is 1. The van der Waals surface area contributed by atoms with E-state index in [1.54, 1.807) is 18.5 Å². The van der Waals surface area contributed by atoms with Gasteiger partial charge >= 0.3 is 12.0 Å². The molecule has 0 radical (unpaired) electrons. The molecule has 1 aliphatic carbocycles. The van der Waals surface area contributed by atoms with Crippen LogP contribution in [0.5, 0.6) is 0 Å². The van der Waals surface area contributed by atoms with Crippen LogP contribution in [0.25, 0.3) is 0 Å². The fraction of sp³-hybridized carbons (Fsp3) is 0.417.